The second kappa shape index (κ2) is 11.3. The zero-order valence-corrected chi connectivity index (χ0v) is 20.7. The lowest BCUT2D eigenvalue weighted by Gasteiger charge is -2.30. The predicted molar refractivity (Wildman–Crippen MR) is 136 cm³/mol. The van der Waals surface area contributed by atoms with Gasteiger partial charge < -0.3 is 20.3 Å². The average Bonchev–Trinajstić information content (AvgIpc) is 2.91. The largest absolute Gasteiger partial charge is 0.378 e. The van der Waals surface area contributed by atoms with Crippen LogP contribution in [-0.4, -0.2) is 63.1 Å². The van der Waals surface area contributed by atoms with Gasteiger partial charge in [0.1, 0.15) is 23.2 Å². The van der Waals surface area contributed by atoms with Crippen molar-refractivity contribution >= 4 is 46.0 Å². The lowest BCUT2D eigenvalue weighted by Crippen LogP contribution is -2.40. The number of morpholine rings is 1. The van der Waals surface area contributed by atoms with Crippen LogP contribution in [0.2, 0.25) is 5.02 Å². The highest BCUT2D eigenvalue weighted by Gasteiger charge is 2.24. The van der Waals surface area contributed by atoms with E-state index in [2.05, 4.69) is 30.6 Å². The molecule has 0 spiro atoms. The maximum atomic E-state index is 13.5. The average molecular weight is 514 g/mol. The highest BCUT2D eigenvalue weighted by molar-refractivity contribution is 6.31. The number of carbonyl (C=O) groups excluding carboxylic acids is 1. The number of hydrogen-bond donors (Lipinski definition) is 2. The van der Waals surface area contributed by atoms with E-state index in [1.807, 2.05) is 4.90 Å². The van der Waals surface area contributed by atoms with Gasteiger partial charge in [-0.3, -0.25) is 4.79 Å². The number of aromatic nitrogens is 4. The van der Waals surface area contributed by atoms with Crippen molar-refractivity contribution in [3.05, 3.63) is 41.6 Å². The van der Waals surface area contributed by atoms with Crippen LogP contribution in [0, 0.1) is 11.7 Å². The number of ether oxygens (including phenoxy) is 1. The Labute approximate surface area is 213 Å². The Morgan fingerprint density at radius 2 is 1.94 bits per heavy atom. The highest BCUT2D eigenvalue weighted by atomic mass is 35.5. The quantitative estimate of drug-likeness (QED) is 0.473. The number of carbonyl (C=O) groups is 1. The van der Waals surface area contributed by atoms with E-state index in [4.69, 9.17) is 16.3 Å². The van der Waals surface area contributed by atoms with Crippen molar-refractivity contribution in [2.75, 3.05) is 36.9 Å². The van der Waals surface area contributed by atoms with Gasteiger partial charge in [0.05, 0.1) is 24.4 Å². The van der Waals surface area contributed by atoms with Gasteiger partial charge in [0.2, 0.25) is 11.9 Å². The second-order valence-corrected chi connectivity index (χ2v) is 9.70. The number of amides is 1. The summed E-state index contributed by atoms with van der Waals surface area (Å²) >= 11 is 5.91. The number of nitrogens with one attached hydrogen (secondary N) is 2. The molecule has 2 aliphatic rings. The van der Waals surface area contributed by atoms with Crippen LogP contribution in [0.1, 0.15) is 38.5 Å². The van der Waals surface area contributed by atoms with Crippen LogP contribution in [0.3, 0.4) is 0 Å². The van der Waals surface area contributed by atoms with E-state index in [1.54, 1.807) is 12.3 Å². The van der Waals surface area contributed by atoms with Crippen molar-refractivity contribution in [3.63, 3.8) is 0 Å². The van der Waals surface area contributed by atoms with Gasteiger partial charge in [0.25, 0.3) is 0 Å². The first-order valence-corrected chi connectivity index (χ1v) is 12.7. The molecule has 3 aromatic rings. The Bertz CT molecular complexity index is 1220. The molecular weight excluding hydrogens is 485 g/mol. The molecule has 0 unspecified atom stereocenters. The fraction of sp³-hybridized carbons (Fsp3) is 0.480. The predicted octanol–water partition coefficient (Wildman–Crippen LogP) is 4.57. The molecule has 36 heavy (non-hydrogen) atoms. The van der Waals surface area contributed by atoms with Crippen LogP contribution in [0.25, 0.3) is 11.0 Å². The van der Waals surface area contributed by atoms with Gasteiger partial charge in [-0.1, -0.05) is 11.6 Å². The van der Waals surface area contributed by atoms with Gasteiger partial charge in [-0.15, -0.1) is 0 Å². The smallest absolute Gasteiger partial charge is 0.223 e. The molecule has 2 aromatic heterocycles. The normalized spacial score (nSPS) is 20.3. The topological polar surface area (TPSA) is 105 Å². The van der Waals surface area contributed by atoms with E-state index in [9.17, 15) is 9.18 Å². The SMILES string of the molecule is O=C(CC[C@H]1CC[C@H](Nc2ncc3ncnc(Nc4ccc(F)c(Cl)c4)c3n2)CC1)N1CCOCC1. The molecule has 1 aromatic carbocycles. The van der Waals surface area contributed by atoms with Crippen LogP contribution in [0.5, 0.6) is 0 Å². The van der Waals surface area contributed by atoms with E-state index >= 15 is 0 Å². The van der Waals surface area contributed by atoms with Crippen molar-refractivity contribution in [2.24, 2.45) is 5.92 Å². The molecule has 1 aliphatic carbocycles. The molecule has 1 saturated carbocycles. The summed E-state index contributed by atoms with van der Waals surface area (Å²) in [4.78, 5) is 32.0. The second-order valence-electron chi connectivity index (χ2n) is 9.30. The molecule has 1 saturated heterocycles. The zero-order valence-electron chi connectivity index (χ0n) is 19.9. The zero-order chi connectivity index (χ0) is 24.9. The van der Waals surface area contributed by atoms with Crippen molar-refractivity contribution < 1.29 is 13.9 Å². The molecule has 2 N–H and O–H groups in total. The maximum absolute atomic E-state index is 13.5. The standard InChI is InChI=1S/C25H29ClFN7O2/c26-19-13-18(6-7-20(19)27)31-24-23-21(29-15-30-24)14-28-25(33-23)32-17-4-1-16(2-5-17)3-8-22(35)34-9-11-36-12-10-34/h6-7,13-17H,1-5,8-12H2,(H,28,32,33)(H,29,30,31)/t16-,17-. The van der Waals surface area contributed by atoms with Gasteiger partial charge in [-0.25, -0.2) is 24.3 Å². The van der Waals surface area contributed by atoms with E-state index in [-0.39, 0.29) is 17.0 Å². The summed E-state index contributed by atoms with van der Waals surface area (Å²) in [5, 5.41) is 6.62. The molecule has 190 valence electrons. The first-order chi connectivity index (χ1) is 17.5. The number of benzene rings is 1. The number of rotatable bonds is 7. The first kappa shape index (κ1) is 24.6. The van der Waals surface area contributed by atoms with Crippen LogP contribution < -0.4 is 10.6 Å². The molecular formula is C25H29ClFN7O2. The Morgan fingerprint density at radius 1 is 1.14 bits per heavy atom. The van der Waals surface area contributed by atoms with E-state index in [0.29, 0.717) is 67.1 Å². The number of fused-ring (bicyclic) bond motifs is 1. The minimum atomic E-state index is -0.484. The van der Waals surface area contributed by atoms with Crippen LogP contribution in [0.4, 0.5) is 21.8 Å². The van der Waals surface area contributed by atoms with Gasteiger partial charge in [-0.2, -0.15) is 0 Å². The number of anilines is 3. The van der Waals surface area contributed by atoms with Gasteiger partial charge >= 0.3 is 0 Å². The fourth-order valence-electron chi connectivity index (χ4n) is 4.80. The minimum absolute atomic E-state index is 0.0245. The van der Waals surface area contributed by atoms with E-state index in [1.165, 1.54) is 18.5 Å². The Balaban J connectivity index is 1.17. The molecule has 0 bridgehead atoms. The number of nitrogens with zero attached hydrogens (tertiary/aromatic N) is 5. The van der Waals surface area contributed by atoms with Crippen molar-refractivity contribution in [3.8, 4) is 0 Å². The lowest BCUT2D eigenvalue weighted by atomic mass is 9.83. The molecule has 11 heteroatoms. The third-order valence-corrected chi connectivity index (χ3v) is 7.16. The molecule has 1 aliphatic heterocycles. The van der Waals surface area contributed by atoms with Gasteiger partial charge in [0.15, 0.2) is 5.82 Å². The summed E-state index contributed by atoms with van der Waals surface area (Å²) in [6.07, 6.45) is 8.80. The summed E-state index contributed by atoms with van der Waals surface area (Å²) in [5.41, 5.74) is 1.76. The molecule has 5 rings (SSSR count). The summed E-state index contributed by atoms with van der Waals surface area (Å²) < 4.78 is 18.8. The monoisotopic (exact) mass is 513 g/mol. The van der Waals surface area contributed by atoms with Crippen LogP contribution in [0.15, 0.2) is 30.7 Å². The number of halogens is 2. The van der Waals surface area contributed by atoms with Crippen LogP contribution >= 0.6 is 11.6 Å². The summed E-state index contributed by atoms with van der Waals surface area (Å²) in [6.45, 7) is 2.70. The lowest BCUT2D eigenvalue weighted by molar-refractivity contribution is -0.135. The first-order valence-electron chi connectivity index (χ1n) is 12.4. The van der Waals surface area contributed by atoms with Gasteiger partial charge in [-0.05, 0) is 56.2 Å². The van der Waals surface area contributed by atoms with Crippen LogP contribution in [-0.2, 0) is 9.53 Å². The van der Waals surface area contributed by atoms with Crippen molar-refractivity contribution in [1.82, 2.24) is 24.8 Å². The Kier molecular flexibility index (Phi) is 7.72. The fourth-order valence-corrected chi connectivity index (χ4v) is 4.98. The van der Waals surface area contributed by atoms with Gasteiger partial charge in [0, 0.05) is 31.2 Å². The highest BCUT2D eigenvalue weighted by Crippen LogP contribution is 2.30. The summed E-state index contributed by atoms with van der Waals surface area (Å²) in [6, 6.07) is 4.65. The third-order valence-electron chi connectivity index (χ3n) is 6.87. The number of hydrogen-bond acceptors (Lipinski definition) is 8. The molecule has 0 atom stereocenters. The third kappa shape index (κ3) is 5.99. The van der Waals surface area contributed by atoms with Crippen molar-refractivity contribution in [1.29, 1.82) is 0 Å². The molecule has 1 amide bonds. The van der Waals surface area contributed by atoms with E-state index in [0.717, 1.165) is 32.1 Å². The summed E-state index contributed by atoms with van der Waals surface area (Å²) in [7, 11) is 0. The molecule has 2 fully saturated rings. The Hall–Kier alpha value is -3.11. The Morgan fingerprint density at radius 3 is 2.72 bits per heavy atom. The van der Waals surface area contributed by atoms with E-state index < -0.39 is 5.82 Å². The molecule has 3 heterocycles. The maximum Gasteiger partial charge on any atom is 0.223 e. The molecule has 9 nitrogen and oxygen atoms in total. The van der Waals surface area contributed by atoms with Crippen molar-refractivity contribution in [2.45, 2.75) is 44.6 Å². The minimum Gasteiger partial charge on any atom is -0.378 e. The summed E-state index contributed by atoms with van der Waals surface area (Å²) in [5.74, 6) is 1.34. The molecule has 0 radical (unpaired) electrons.